The Balaban J connectivity index is 1.31. The first-order chi connectivity index (χ1) is 15.6. The van der Waals surface area contributed by atoms with Gasteiger partial charge in [0.1, 0.15) is 0 Å². The largest absolute Gasteiger partial charge is 0.378 e. The average molecular weight is 431 g/mol. The lowest BCUT2D eigenvalue weighted by Gasteiger charge is -2.28. The zero-order chi connectivity index (χ0) is 22.3. The molecule has 1 aliphatic rings. The molecule has 0 aliphatic carbocycles. The Bertz CT molecular complexity index is 1050. The SMILES string of the molecule is CN(CC(=O)Nc1ccc(N2CCOCC2)cc1)C(=O)c1cnc(-c2ccccc2)nc1. The number of carbonyl (C=O) groups is 2. The summed E-state index contributed by atoms with van der Waals surface area (Å²) in [6.45, 7) is 3.07. The van der Waals surface area contributed by atoms with Crippen LogP contribution in [0, 0.1) is 0 Å². The predicted octanol–water partition coefficient (Wildman–Crippen LogP) is 2.69. The van der Waals surface area contributed by atoms with Gasteiger partial charge in [0, 0.05) is 49.5 Å². The number of nitrogens with one attached hydrogen (secondary N) is 1. The van der Waals surface area contributed by atoms with Gasteiger partial charge in [-0.05, 0) is 24.3 Å². The molecule has 2 heterocycles. The second-order valence-electron chi connectivity index (χ2n) is 7.52. The zero-order valence-electron chi connectivity index (χ0n) is 17.9. The van der Waals surface area contributed by atoms with Gasteiger partial charge in [-0.3, -0.25) is 9.59 Å². The lowest BCUT2D eigenvalue weighted by molar-refractivity contribution is -0.116. The predicted molar refractivity (Wildman–Crippen MR) is 123 cm³/mol. The molecule has 2 amide bonds. The van der Waals surface area contributed by atoms with Gasteiger partial charge < -0.3 is 19.9 Å². The first-order valence-electron chi connectivity index (χ1n) is 10.5. The van der Waals surface area contributed by atoms with Crippen molar-refractivity contribution in [2.45, 2.75) is 0 Å². The summed E-state index contributed by atoms with van der Waals surface area (Å²) in [6, 6.07) is 17.2. The number of nitrogens with zero attached hydrogens (tertiary/aromatic N) is 4. The van der Waals surface area contributed by atoms with E-state index in [9.17, 15) is 9.59 Å². The summed E-state index contributed by atoms with van der Waals surface area (Å²) in [7, 11) is 1.58. The third-order valence-corrected chi connectivity index (χ3v) is 5.19. The molecule has 0 radical (unpaired) electrons. The van der Waals surface area contributed by atoms with Gasteiger partial charge in [0.15, 0.2) is 5.82 Å². The Morgan fingerprint density at radius 2 is 1.66 bits per heavy atom. The fourth-order valence-electron chi connectivity index (χ4n) is 3.46. The molecule has 2 aromatic carbocycles. The monoisotopic (exact) mass is 431 g/mol. The first kappa shape index (κ1) is 21.5. The van der Waals surface area contributed by atoms with Crippen LogP contribution in [0.3, 0.4) is 0 Å². The lowest BCUT2D eigenvalue weighted by Crippen LogP contribution is -2.36. The van der Waals surface area contributed by atoms with E-state index in [0.717, 1.165) is 37.6 Å². The van der Waals surface area contributed by atoms with Crippen molar-refractivity contribution in [2.75, 3.05) is 50.1 Å². The molecule has 0 saturated carbocycles. The van der Waals surface area contributed by atoms with E-state index in [-0.39, 0.29) is 18.4 Å². The Morgan fingerprint density at radius 3 is 2.31 bits per heavy atom. The number of carbonyl (C=O) groups excluding carboxylic acids is 2. The van der Waals surface area contributed by atoms with E-state index in [1.165, 1.54) is 17.3 Å². The average Bonchev–Trinajstić information content (AvgIpc) is 2.85. The van der Waals surface area contributed by atoms with Crippen molar-refractivity contribution in [3.63, 3.8) is 0 Å². The van der Waals surface area contributed by atoms with Crippen LogP contribution in [-0.4, -0.2) is 66.6 Å². The van der Waals surface area contributed by atoms with Crippen molar-refractivity contribution >= 4 is 23.2 Å². The molecule has 164 valence electrons. The molecule has 0 bridgehead atoms. The van der Waals surface area contributed by atoms with Gasteiger partial charge in [0.2, 0.25) is 5.91 Å². The van der Waals surface area contributed by atoms with Crippen LogP contribution in [0.15, 0.2) is 67.0 Å². The molecule has 1 aliphatic heterocycles. The van der Waals surface area contributed by atoms with Gasteiger partial charge in [-0.25, -0.2) is 9.97 Å². The van der Waals surface area contributed by atoms with Gasteiger partial charge in [0.25, 0.3) is 5.91 Å². The van der Waals surface area contributed by atoms with E-state index in [4.69, 9.17) is 4.74 Å². The van der Waals surface area contributed by atoms with Gasteiger partial charge >= 0.3 is 0 Å². The maximum atomic E-state index is 12.7. The molecule has 1 fully saturated rings. The minimum absolute atomic E-state index is 0.0789. The molecule has 0 atom stereocenters. The molecule has 1 saturated heterocycles. The molecule has 3 aromatic rings. The molecule has 8 heteroatoms. The maximum Gasteiger partial charge on any atom is 0.257 e. The second kappa shape index (κ2) is 10.0. The van der Waals surface area contributed by atoms with Crippen LogP contribution in [0.25, 0.3) is 11.4 Å². The number of anilines is 2. The normalized spacial score (nSPS) is 13.5. The van der Waals surface area contributed by atoms with E-state index in [2.05, 4.69) is 20.2 Å². The number of likely N-dealkylation sites (N-methyl/N-ethyl adjacent to an activating group) is 1. The van der Waals surface area contributed by atoms with E-state index in [1.54, 1.807) is 7.05 Å². The van der Waals surface area contributed by atoms with Crippen LogP contribution in [0.2, 0.25) is 0 Å². The Labute approximate surface area is 186 Å². The summed E-state index contributed by atoms with van der Waals surface area (Å²) in [5, 5.41) is 2.83. The first-order valence-corrected chi connectivity index (χ1v) is 10.5. The number of morpholine rings is 1. The highest BCUT2D eigenvalue weighted by Crippen LogP contribution is 2.19. The van der Waals surface area contributed by atoms with Crippen LogP contribution >= 0.6 is 0 Å². The third kappa shape index (κ3) is 5.28. The zero-order valence-corrected chi connectivity index (χ0v) is 17.9. The highest BCUT2D eigenvalue weighted by molar-refractivity contribution is 5.99. The highest BCUT2D eigenvalue weighted by atomic mass is 16.5. The molecule has 0 spiro atoms. The quantitative estimate of drug-likeness (QED) is 0.646. The number of hydrogen-bond donors (Lipinski definition) is 1. The molecule has 1 N–H and O–H groups in total. The molecule has 4 rings (SSSR count). The molecule has 32 heavy (non-hydrogen) atoms. The minimum atomic E-state index is -0.317. The summed E-state index contributed by atoms with van der Waals surface area (Å²) in [6.07, 6.45) is 2.97. The van der Waals surface area contributed by atoms with Gasteiger partial charge in [-0.15, -0.1) is 0 Å². The number of benzene rings is 2. The summed E-state index contributed by atoms with van der Waals surface area (Å²) in [4.78, 5) is 37.2. The van der Waals surface area contributed by atoms with Crippen LogP contribution in [0.5, 0.6) is 0 Å². The number of aromatic nitrogens is 2. The number of ether oxygens (including phenoxy) is 1. The van der Waals surface area contributed by atoms with E-state index in [0.29, 0.717) is 17.1 Å². The summed E-state index contributed by atoms with van der Waals surface area (Å²) < 4.78 is 5.37. The molecule has 0 unspecified atom stereocenters. The number of rotatable bonds is 6. The van der Waals surface area contributed by atoms with Gasteiger partial charge in [-0.2, -0.15) is 0 Å². The number of amides is 2. The topological polar surface area (TPSA) is 87.7 Å². The molecular formula is C24H25N5O3. The van der Waals surface area contributed by atoms with Crippen molar-refractivity contribution in [1.82, 2.24) is 14.9 Å². The van der Waals surface area contributed by atoms with Crippen LogP contribution in [-0.2, 0) is 9.53 Å². The van der Waals surface area contributed by atoms with Gasteiger partial charge in [0.05, 0.1) is 25.3 Å². The van der Waals surface area contributed by atoms with Crippen LogP contribution in [0.1, 0.15) is 10.4 Å². The van der Waals surface area contributed by atoms with Gasteiger partial charge in [-0.1, -0.05) is 30.3 Å². The van der Waals surface area contributed by atoms with Crippen molar-refractivity contribution in [3.8, 4) is 11.4 Å². The Kier molecular flexibility index (Phi) is 6.72. The van der Waals surface area contributed by atoms with Crippen molar-refractivity contribution < 1.29 is 14.3 Å². The van der Waals surface area contributed by atoms with E-state index in [1.807, 2.05) is 54.6 Å². The minimum Gasteiger partial charge on any atom is -0.378 e. The molecular weight excluding hydrogens is 406 g/mol. The maximum absolute atomic E-state index is 12.7. The fraction of sp³-hybridized carbons (Fsp3) is 0.250. The molecule has 8 nitrogen and oxygen atoms in total. The lowest BCUT2D eigenvalue weighted by atomic mass is 10.2. The van der Waals surface area contributed by atoms with Crippen molar-refractivity contribution in [3.05, 3.63) is 72.6 Å². The van der Waals surface area contributed by atoms with Crippen molar-refractivity contribution in [2.24, 2.45) is 0 Å². The third-order valence-electron chi connectivity index (χ3n) is 5.19. The standard InChI is InChI=1S/C24H25N5O3/c1-28(24(31)19-15-25-23(26-16-19)18-5-3-2-4-6-18)17-22(30)27-20-7-9-21(10-8-20)29-11-13-32-14-12-29/h2-10,15-16H,11-14,17H2,1H3,(H,27,30). The Hall–Kier alpha value is -3.78. The molecule has 1 aromatic heterocycles. The summed E-state index contributed by atoms with van der Waals surface area (Å²) in [5.41, 5.74) is 2.98. The second-order valence-corrected chi connectivity index (χ2v) is 7.52. The van der Waals surface area contributed by atoms with E-state index < -0.39 is 0 Å². The van der Waals surface area contributed by atoms with E-state index >= 15 is 0 Å². The number of hydrogen-bond acceptors (Lipinski definition) is 6. The van der Waals surface area contributed by atoms with Crippen molar-refractivity contribution in [1.29, 1.82) is 0 Å². The highest BCUT2D eigenvalue weighted by Gasteiger charge is 2.17. The fourth-order valence-corrected chi connectivity index (χ4v) is 3.46. The summed E-state index contributed by atoms with van der Waals surface area (Å²) >= 11 is 0. The van der Waals surface area contributed by atoms with Crippen LogP contribution in [0.4, 0.5) is 11.4 Å². The Morgan fingerprint density at radius 1 is 1.00 bits per heavy atom. The smallest absolute Gasteiger partial charge is 0.257 e. The summed E-state index contributed by atoms with van der Waals surface area (Å²) in [5.74, 6) is -0.0488. The van der Waals surface area contributed by atoms with Crippen LogP contribution < -0.4 is 10.2 Å².